The average Bonchev–Trinajstić information content (AvgIpc) is 2.54. The van der Waals surface area contributed by atoms with Gasteiger partial charge in [0, 0.05) is 6.54 Å². The largest absolute Gasteiger partial charge is 0.480 e. The summed E-state index contributed by atoms with van der Waals surface area (Å²) < 4.78 is 0. The maximum absolute atomic E-state index is 12.4. The number of carbonyl (C=O) groups excluding carboxylic acids is 2. The molecule has 0 heterocycles. The van der Waals surface area contributed by atoms with Crippen molar-refractivity contribution in [2.24, 2.45) is 17.4 Å². The second-order valence-electron chi connectivity index (χ2n) is 6.36. The molecule has 3 atom stereocenters. The molecule has 11 heteroatoms. The van der Waals surface area contributed by atoms with E-state index >= 15 is 0 Å². The highest BCUT2D eigenvalue weighted by Gasteiger charge is 2.28. The first-order valence-electron chi connectivity index (χ1n) is 8.36. The molecule has 0 aliphatic heterocycles. The molecule has 0 bridgehead atoms. The Kier molecular flexibility index (Phi) is 10.9. The molecule has 10 N–H and O–H groups in total. The van der Waals surface area contributed by atoms with E-state index in [1.165, 1.54) is 0 Å². The van der Waals surface area contributed by atoms with E-state index in [0.29, 0.717) is 13.0 Å². The molecule has 0 aromatic carbocycles. The van der Waals surface area contributed by atoms with Crippen LogP contribution in [0.2, 0.25) is 0 Å². The Balaban J connectivity index is 4.85. The molecule has 0 unspecified atom stereocenters. The minimum atomic E-state index is -1.21. The molecule has 26 heavy (non-hydrogen) atoms. The molecule has 0 aliphatic carbocycles. The Morgan fingerprint density at radius 2 is 1.69 bits per heavy atom. The number of carbonyl (C=O) groups is 3. The SMILES string of the molecule is CC(C)C[C@H](NC(=O)[C@@H](N)CO)C(=O)N[C@@H](CCCNC(=N)N)C(=O)O. The normalized spacial score (nSPS) is 14.2. The molecule has 0 aliphatic rings. The van der Waals surface area contributed by atoms with E-state index in [1.807, 2.05) is 13.8 Å². The molecule has 2 amide bonds. The van der Waals surface area contributed by atoms with Gasteiger partial charge in [-0.1, -0.05) is 13.8 Å². The van der Waals surface area contributed by atoms with E-state index in [2.05, 4.69) is 16.0 Å². The summed E-state index contributed by atoms with van der Waals surface area (Å²) in [6, 6.07) is -3.27. The average molecular weight is 374 g/mol. The number of nitrogens with one attached hydrogen (secondary N) is 4. The minimum Gasteiger partial charge on any atom is -0.480 e. The highest BCUT2D eigenvalue weighted by molar-refractivity contribution is 5.91. The monoisotopic (exact) mass is 374 g/mol. The van der Waals surface area contributed by atoms with Gasteiger partial charge >= 0.3 is 5.97 Å². The van der Waals surface area contributed by atoms with Crippen molar-refractivity contribution >= 4 is 23.7 Å². The summed E-state index contributed by atoms with van der Waals surface area (Å²) in [5.41, 5.74) is 10.6. The first-order valence-corrected chi connectivity index (χ1v) is 8.36. The maximum atomic E-state index is 12.4. The summed E-state index contributed by atoms with van der Waals surface area (Å²) >= 11 is 0. The zero-order valence-electron chi connectivity index (χ0n) is 15.1. The van der Waals surface area contributed by atoms with Gasteiger partial charge in [0.2, 0.25) is 11.8 Å². The van der Waals surface area contributed by atoms with E-state index in [4.69, 9.17) is 22.0 Å². The topological polar surface area (TPSA) is 204 Å². The van der Waals surface area contributed by atoms with Crippen molar-refractivity contribution in [1.29, 1.82) is 5.41 Å². The summed E-state index contributed by atoms with van der Waals surface area (Å²) in [4.78, 5) is 35.6. The maximum Gasteiger partial charge on any atom is 0.326 e. The zero-order chi connectivity index (χ0) is 20.3. The summed E-state index contributed by atoms with van der Waals surface area (Å²) in [6.45, 7) is 3.43. The van der Waals surface area contributed by atoms with Gasteiger partial charge in [0.05, 0.1) is 6.61 Å². The van der Waals surface area contributed by atoms with Crippen LogP contribution in [0, 0.1) is 11.3 Å². The fourth-order valence-electron chi connectivity index (χ4n) is 2.12. The number of carboxylic acids is 1. The Morgan fingerprint density at radius 1 is 1.12 bits per heavy atom. The smallest absolute Gasteiger partial charge is 0.326 e. The summed E-state index contributed by atoms with van der Waals surface area (Å²) in [5.74, 6) is -2.70. The van der Waals surface area contributed by atoms with Crippen molar-refractivity contribution in [3.05, 3.63) is 0 Å². The van der Waals surface area contributed by atoms with Crippen LogP contribution >= 0.6 is 0 Å². The lowest BCUT2D eigenvalue weighted by Gasteiger charge is -2.23. The third-order valence-electron chi connectivity index (χ3n) is 3.47. The predicted octanol–water partition coefficient (Wildman–Crippen LogP) is -2.33. The molecule has 0 saturated carbocycles. The third kappa shape index (κ3) is 9.79. The van der Waals surface area contributed by atoms with Crippen LogP contribution in [0.1, 0.15) is 33.1 Å². The number of aliphatic hydroxyl groups is 1. The second-order valence-corrected chi connectivity index (χ2v) is 6.36. The first kappa shape index (κ1) is 23.6. The van der Waals surface area contributed by atoms with Crippen LogP contribution in [0.4, 0.5) is 0 Å². The van der Waals surface area contributed by atoms with Crippen molar-refractivity contribution in [2.45, 2.75) is 51.2 Å². The first-order chi connectivity index (χ1) is 12.1. The van der Waals surface area contributed by atoms with E-state index < -0.39 is 42.5 Å². The van der Waals surface area contributed by atoms with Gasteiger partial charge in [-0.25, -0.2) is 4.79 Å². The van der Waals surface area contributed by atoms with Crippen LogP contribution in [-0.2, 0) is 14.4 Å². The van der Waals surface area contributed by atoms with Gasteiger partial charge in [-0.2, -0.15) is 0 Å². The van der Waals surface area contributed by atoms with Gasteiger partial charge < -0.3 is 37.6 Å². The summed E-state index contributed by atoms with van der Waals surface area (Å²) in [5, 5.41) is 32.6. The number of nitrogens with two attached hydrogens (primary N) is 2. The zero-order valence-corrected chi connectivity index (χ0v) is 15.1. The number of carboxylic acid groups (broad SMARTS) is 1. The van der Waals surface area contributed by atoms with Gasteiger partial charge in [-0.3, -0.25) is 15.0 Å². The molecule has 150 valence electrons. The lowest BCUT2D eigenvalue weighted by atomic mass is 10.0. The fourth-order valence-corrected chi connectivity index (χ4v) is 2.12. The second kappa shape index (κ2) is 12.0. The fraction of sp³-hybridized carbons (Fsp3) is 0.733. The third-order valence-corrected chi connectivity index (χ3v) is 3.47. The molecule has 0 aromatic heterocycles. The van der Waals surface area contributed by atoms with Crippen LogP contribution in [0.5, 0.6) is 0 Å². The van der Waals surface area contributed by atoms with Gasteiger partial charge in [-0.05, 0) is 25.2 Å². The van der Waals surface area contributed by atoms with Crippen LogP contribution in [0.15, 0.2) is 0 Å². The number of guanidine groups is 1. The molecule has 0 spiro atoms. The Hall–Kier alpha value is -2.40. The number of amides is 2. The van der Waals surface area contributed by atoms with E-state index in [-0.39, 0.29) is 24.7 Å². The van der Waals surface area contributed by atoms with E-state index in [0.717, 1.165) is 0 Å². The van der Waals surface area contributed by atoms with Crippen LogP contribution in [0.3, 0.4) is 0 Å². The predicted molar refractivity (Wildman–Crippen MR) is 95.2 cm³/mol. The van der Waals surface area contributed by atoms with Crippen molar-refractivity contribution in [3.63, 3.8) is 0 Å². The molecule has 0 fully saturated rings. The van der Waals surface area contributed by atoms with Crippen molar-refractivity contribution in [2.75, 3.05) is 13.2 Å². The van der Waals surface area contributed by atoms with Gasteiger partial charge in [-0.15, -0.1) is 0 Å². The van der Waals surface area contributed by atoms with E-state index in [1.54, 1.807) is 0 Å². The molecule has 0 aromatic rings. The lowest BCUT2D eigenvalue weighted by molar-refractivity contribution is -0.142. The molecule has 0 rings (SSSR count). The number of hydrogen-bond acceptors (Lipinski definition) is 6. The minimum absolute atomic E-state index is 0.0550. The Bertz CT molecular complexity index is 499. The van der Waals surface area contributed by atoms with Crippen molar-refractivity contribution in [1.82, 2.24) is 16.0 Å². The molecule has 0 radical (unpaired) electrons. The van der Waals surface area contributed by atoms with Crippen LogP contribution in [0.25, 0.3) is 0 Å². The Morgan fingerprint density at radius 3 is 2.15 bits per heavy atom. The van der Waals surface area contributed by atoms with Crippen LogP contribution < -0.4 is 27.4 Å². The highest BCUT2D eigenvalue weighted by atomic mass is 16.4. The number of aliphatic hydroxyl groups excluding tert-OH is 1. The number of hydrogen-bond donors (Lipinski definition) is 8. The quantitative estimate of drug-likeness (QED) is 0.105. The number of rotatable bonds is 12. The molecular weight excluding hydrogens is 344 g/mol. The molecular formula is C15H30N6O5. The van der Waals surface area contributed by atoms with Gasteiger partial charge in [0.15, 0.2) is 5.96 Å². The summed E-state index contributed by atoms with van der Waals surface area (Å²) in [6.07, 6.45) is 0.779. The molecule has 11 nitrogen and oxygen atoms in total. The van der Waals surface area contributed by atoms with Crippen molar-refractivity contribution < 1.29 is 24.6 Å². The summed E-state index contributed by atoms with van der Waals surface area (Å²) in [7, 11) is 0. The Labute approximate surface area is 152 Å². The lowest BCUT2D eigenvalue weighted by Crippen LogP contribution is -2.55. The van der Waals surface area contributed by atoms with Crippen molar-refractivity contribution in [3.8, 4) is 0 Å². The van der Waals surface area contributed by atoms with Gasteiger partial charge in [0.1, 0.15) is 18.1 Å². The van der Waals surface area contributed by atoms with Gasteiger partial charge in [0.25, 0.3) is 0 Å². The number of aliphatic carboxylic acids is 1. The molecule has 0 saturated heterocycles. The van der Waals surface area contributed by atoms with Crippen LogP contribution in [-0.4, -0.2) is 65.2 Å². The standard InChI is InChI=1S/C15H30N6O5/c1-8(2)6-11(21-12(23)9(16)7-22)13(24)20-10(14(25)26)4-3-5-19-15(17)18/h8-11,22H,3-7,16H2,1-2H3,(H,20,24)(H,21,23)(H,25,26)(H4,17,18,19)/t9-,10-,11-/m0/s1. The van der Waals surface area contributed by atoms with E-state index in [9.17, 15) is 19.5 Å². The highest BCUT2D eigenvalue weighted by Crippen LogP contribution is 2.07.